The molecule has 0 atom stereocenters. The van der Waals surface area contributed by atoms with Crippen LogP contribution in [0.3, 0.4) is 0 Å². The van der Waals surface area contributed by atoms with Crippen LogP contribution in [0.2, 0.25) is 0 Å². The Bertz CT molecular complexity index is 414. The number of rotatable bonds is 2. The molecule has 0 unspecified atom stereocenters. The van der Waals surface area contributed by atoms with E-state index >= 15 is 0 Å². The molecule has 0 fully saturated rings. The van der Waals surface area contributed by atoms with Crippen molar-refractivity contribution in [2.24, 2.45) is 0 Å². The van der Waals surface area contributed by atoms with E-state index in [1.807, 2.05) is 0 Å². The first kappa shape index (κ1) is 12.3. The number of nitrogens with one attached hydrogen (secondary N) is 1. The van der Waals surface area contributed by atoms with Crippen molar-refractivity contribution in [1.29, 1.82) is 0 Å². The largest absolute Gasteiger partial charge is 0.506 e. The van der Waals surface area contributed by atoms with Crippen molar-refractivity contribution in [3.63, 3.8) is 0 Å². The summed E-state index contributed by atoms with van der Waals surface area (Å²) >= 11 is 1.06. The van der Waals surface area contributed by atoms with Gasteiger partial charge in [0.05, 0.1) is 7.11 Å². The van der Waals surface area contributed by atoms with Crippen molar-refractivity contribution in [1.82, 2.24) is 4.90 Å². The maximum Gasteiger partial charge on any atom is 0.344 e. The predicted octanol–water partition coefficient (Wildman–Crippen LogP) is 1.33. The Kier molecular flexibility index (Phi) is 3.73. The molecule has 0 aliphatic rings. The van der Waals surface area contributed by atoms with Crippen LogP contribution in [0, 0.1) is 0 Å². The van der Waals surface area contributed by atoms with Crippen LogP contribution in [0.25, 0.3) is 0 Å². The number of hydrogen-bond acceptors (Lipinski definition) is 5. The summed E-state index contributed by atoms with van der Waals surface area (Å²) in [4.78, 5) is 24.0. The number of amides is 2. The molecule has 1 aromatic rings. The van der Waals surface area contributed by atoms with E-state index in [0.29, 0.717) is 0 Å². The van der Waals surface area contributed by atoms with Crippen molar-refractivity contribution >= 4 is 28.3 Å². The van der Waals surface area contributed by atoms with Gasteiger partial charge in [-0.05, 0) is 0 Å². The molecule has 0 aromatic carbocycles. The first-order valence-electron chi connectivity index (χ1n) is 4.34. The van der Waals surface area contributed by atoms with Crippen LogP contribution in [-0.4, -0.2) is 43.2 Å². The average Bonchev–Trinajstić information content (AvgIpc) is 2.58. The van der Waals surface area contributed by atoms with E-state index < -0.39 is 5.97 Å². The van der Waals surface area contributed by atoms with E-state index in [4.69, 9.17) is 0 Å². The smallest absolute Gasteiger partial charge is 0.344 e. The summed E-state index contributed by atoms with van der Waals surface area (Å²) in [6, 6.07) is -0.382. The van der Waals surface area contributed by atoms with Gasteiger partial charge in [-0.2, -0.15) is 0 Å². The van der Waals surface area contributed by atoms with Gasteiger partial charge in [-0.1, -0.05) is 0 Å². The van der Waals surface area contributed by atoms with Gasteiger partial charge in [0.15, 0.2) is 0 Å². The Morgan fingerprint density at radius 1 is 1.50 bits per heavy atom. The molecule has 1 aromatic heterocycles. The predicted molar refractivity (Wildman–Crippen MR) is 60.0 cm³/mol. The minimum Gasteiger partial charge on any atom is -0.506 e. The highest BCUT2D eigenvalue weighted by Gasteiger charge is 2.21. The van der Waals surface area contributed by atoms with Crippen LogP contribution in [0.15, 0.2) is 5.38 Å². The summed E-state index contributed by atoms with van der Waals surface area (Å²) < 4.78 is 4.50. The summed E-state index contributed by atoms with van der Waals surface area (Å²) in [5.41, 5.74) is -0.0253. The van der Waals surface area contributed by atoms with Gasteiger partial charge in [0.2, 0.25) is 0 Å². The Balaban J connectivity index is 2.97. The SMILES string of the molecule is COC(=O)c1c(O)csc1NC(=O)N(C)C. The van der Waals surface area contributed by atoms with Crippen LogP contribution < -0.4 is 5.32 Å². The number of hydrogen-bond donors (Lipinski definition) is 2. The van der Waals surface area contributed by atoms with E-state index in [9.17, 15) is 14.7 Å². The highest BCUT2D eigenvalue weighted by Crippen LogP contribution is 2.33. The van der Waals surface area contributed by atoms with Crippen LogP contribution in [-0.2, 0) is 4.74 Å². The zero-order valence-electron chi connectivity index (χ0n) is 9.10. The molecule has 1 heterocycles. The molecule has 1 rings (SSSR count). The minimum atomic E-state index is -0.687. The zero-order valence-corrected chi connectivity index (χ0v) is 9.92. The molecular weight excluding hydrogens is 232 g/mol. The number of urea groups is 1. The average molecular weight is 244 g/mol. The van der Waals surface area contributed by atoms with Crippen LogP contribution in [0.5, 0.6) is 5.75 Å². The third kappa shape index (κ3) is 2.43. The number of thiophene rings is 1. The number of carbonyl (C=O) groups excluding carboxylic acids is 2. The lowest BCUT2D eigenvalue weighted by Gasteiger charge is -2.11. The van der Waals surface area contributed by atoms with E-state index in [0.717, 1.165) is 11.3 Å². The normalized spacial score (nSPS) is 9.69. The fourth-order valence-electron chi connectivity index (χ4n) is 0.949. The lowest BCUT2D eigenvalue weighted by Crippen LogP contribution is -2.27. The standard InChI is InChI=1S/C9H12N2O4S/c1-11(2)9(14)10-7-6(8(13)15-3)5(12)4-16-7/h4,12H,1-3H3,(H,10,14). The molecule has 0 aliphatic carbocycles. The Morgan fingerprint density at radius 2 is 2.12 bits per heavy atom. The Labute approximate surface area is 96.4 Å². The third-order valence-electron chi connectivity index (χ3n) is 1.79. The Hall–Kier alpha value is -1.76. The van der Waals surface area contributed by atoms with Gasteiger partial charge in [-0.15, -0.1) is 11.3 Å². The topological polar surface area (TPSA) is 78.9 Å². The monoisotopic (exact) mass is 244 g/mol. The molecule has 6 nitrogen and oxygen atoms in total. The van der Waals surface area contributed by atoms with Gasteiger partial charge in [-0.3, -0.25) is 5.32 Å². The van der Waals surface area contributed by atoms with E-state index in [2.05, 4.69) is 10.1 Å². The summed E-state index contributed by atoms with van der Waals surface area (Å²) in [7, 11) is 4.35. The second-order valence-electron chi connectivity index (χ2n) is 3.14. The first-order chi connectivity index (χ1) is 7.47. The highest BCUT2D eigenvalue weighted by atomic mass is 32.1. The molecule has 7 heteroatoms. The molecule has 0 saturated carbocycles. The van der Waals surface area contributed by atoms with E-state index in [1.54, 1.807) is 14.1 Å². The third-order valence-corrected chi connectivity index (χ3v) is 2.67. The second kappa shape index (κ2) is 4.84. The van der Waals surface area contributed by atoms with Gasteiger partial charge in [0.1, 0.15) is 16.3 Å². The number of nitrogens with zero attached hydrogens (tertiary/aromatic N) is 1. The fraction of sp³-hybridized carbons (Fsp3) is 0.333. The Morgan fingerprint density at radius 3 is 2.62 bits per heavy atom. The molecule has 0 aliphatic heterocycles. The molecule has 0 saturated heterocycles. The summed E-state index contributed by atoms with van der Waals surface area (Å²) in [5.74, 6) is -0.890. The van der Waals surface area contributed by atoms with Gasteiger partial charge < -0.3 is 14.7 Å². The minimum absolute atomic E-state index is 0.0253. The van der Waals surface area contributed by atoms with Crippen LogP contribution >= 0.6 is 11.3 Å². The van der Waals surface area contributed by atoms with Crippen LogP contribution in [0.4, 0.5) is 9.80 Å². The molecule has 0 bridgehead atoms. The maximum atomic E-state index is 11.4. The fourth-order valence-corrected chi connectivity index (χ4v) is 1.75. The van der Waals surface area contributed by atoms with Crippen molar-refractivity contribution in [2.45, 2.75) is 0 Å². The lowest BCUT2D eigenvalue weighted by atomic mass is 10.3. The molecule has 88 valence electrons. The van der Waals surface area contributed by atoms with Gasteiger partial charge in [0.25, 0.3) is 0 Å². The summed E-state index contributed by atoms with van der Waals surface area (Å²) in [6.45, 7) is 0. The van der Waals surface area contributed by atoms with Gasteiger partial charge in [-0.25, -0.2) is 9.59 Å². The first-order valence-corrected chi connectivity index (χ1v) is 5.22. The molecular formula is C9H12N2O4S. The zero-order chi connectivity index (χ0) is 12.3. The highest BCUT2D eigenvalue weighted by molar-refractivity contribution is 7.15. The van der Waals surface area contributed by atoms with E-state index in [-0.39, 0.29) is 22.3 Å². The number of anilines is 1. The van der Waals surface area contributed by atoms with Crippen molar-refractivity contribution in [2.75, 3.05) is 26.5 Å². The maximum absolute atomic E-state index is 11.4. The number of methoxy groups -OCH3 is 1. The van der Waals surface area contributed by atoms with E-state index in [1.165, 1.54) is 17.4 Å². The lowest BCUT2D eigenvalue weighted by molar-refractivity contribution is 0.0599. The van der Waals surface area contributed by atoms with Crippen molar-refractivity contribution in [3.8, 4) is 5.75 Å². The second-order valence-corrected chi connectivity index (χ2v) is 4.02. The molecule has 0 radical (unpaired) electrons. The van der Waals surface area contributed by atoms with Crippen molar-refractivity contribution in [3.05, 3.63) is 10.9 Å². The number of ether oxygens (including phenoxy) is 1. The van der Waals surface area contributed by atoms with Crippen molar-refractivity contribution < 1.29 is 19.4 Å². The molecule has 2 N–H and O–H groups in total. The number of esters is 1. The number of carbonyl (C=O) groups is 2. The summed E-state index contributed by atoms with van der Waals surface area (Å²) in [6.07, 6.45) is 0. The van der Waals surface area contributed by atoms with Gasteiger partial charge in [0, 0.05) is 19.5 Å². The molecule has 16 heavy (non-hydrogen) atoms. The number of aromatic hydroxyl groups is 1. The molecule has 0 spiro atoms. The quantitative estimate of drug-likeness (QED) is 0.769. The van der Waals surface area contributed by atoms with Crippen LogP contribution in [0.1, 0.15) is 10.4 Å². The summed E-state index contributed by atoms with van der Waals surface area (Å²) in [5, 5.41) is 13.5. The molecule has 2 amide bonds. The van der Waals surface area contributed by atoms with Gasteiger partial charge >= 0.3 is 12.0 Å².